The molecule has 4 rings (SSSR count). The van der Waals surface area contributed by atoms with Crippen molar-refractivity contribution in [1.82, 2.24) is 24.7 Å². The van der Waals surface area contributed by atoms with Crippen LogP contribution >= 0.6 is 0 Å². The van der Waals surface area contributed by atoms with E-state index in [1.54, 1.807) is 24.8 Å². The third kappa shape index (κ3) is 2.97. The molecule has 6 heteroatoms. The Labute approximate surface area is 144 Å². The lowest BCUT2D eigenvalue weighted by atomic mass is 10.2. The highest BCUT2D eigenvalue weighted by Crippen LogP contribution is 2.22. The molecule has 0 fully saturated rings. The smallest absolute Gasteiger partial charge is 0.272 e. The van der Waals surface area contributed by atoms with Crippen molar-refractivity contribution in [3.05, 3.63) is 84.7 Å². The quantitative estimate of drug-likeness (QED) is 0.625. The number of amides is 1. The summed E-state index contributed by atoms with van der Waals surface area (Å²) in [4.78, 5) is 25.4. The first kappa shape index (κ1) is 15.0. The highest BCUT2D eigenvalue weighted by atomic mass is 16.1. The predicted molar refractivity (Wildman–Crippen MR) is 93.8 cm³/mol. The van der Waals surface area contributed by atoms with Gasteiger partial charge in [0.05, 0.1) is 5.52 Å². The lowest BCUT2D eigenvalue weighted by Crippen LogP contribution is -2.23. The van der Waals surface area contributed by atoms with E-state index < -0.39 is 0 Å². The number of carbonyl (C=O) groups excluding carboxylic acids is 1. The van der Waals surface area contributed by atoms with Crippen LogP contribution in [-0.4, -0.2) is 25.3 Å². The van der Waals surface area contributed by atoms with Crippen LogP contribution in [0.2, 0.25) is 0 Å². The summed E-state index contributed by atoms with van der Waals surface area (Å²) in [6.45, 7) is 0.404. The van der Waals surface area contributed by atoms with Crippen LogP contribution in [0.1, 0.15) is 16.1 Å². The summed E-state index contributed by atoms with van der Waals surface area (Å²) in [5, 5.41) is 2.90. The van der Waals surface area contributed by atoms with Crippen LogP contribution in [0.15, 0.2) is 73.4 Å². The Morgan fingerprint density at radius 2 is 1.84 bits per heavy atom. The molecule has 0 saturated carbocycles. The normalized spacial score (nSPS) is 10.7. The Balaban J connectivity index is 1.69. The van der Waals surface area contributed by atoms with Crippen molar-refractivity contribution in [2.45, 2.75) is 6.54 Å². The van der Waals surface area contributed by atoms with Gasteiger partial charge in [0.25, 0.3) is 5.91 Å². The molecule has 25 heavy (non-hydrogen) atoms. The summed E-state index contributed by atoms with van der Waals surface area (Å²) < 4.78 is 1.90. The molecule has 0 atom stereocenters. The fraction of sp³-hybridized carbons (Fsp3) is 0.0526. The predicted octanol–water partition coefficient (Wildman–Crippen LogP) is 2.72. The average molecular weight is 329 g/mol. The Morgan fingerprint density at radius 1 is 1.00 bits per heavy atom. The number of carbonyl (C=O) groups is 1. The van der Waals surface area contributed by atoms with E-state index in [1.165, 1.54) is 0 Å². The number of hydrogen-bond acceptors (Lipinski definition) is 4. The number of pyridine rings is 3. The Morgan fingerprint density at radius 3 is 2.60 bits per heavy atom. The highest BCUT2D eigenvalue weighted by molar-refractivity contribution is 6.00. The number of nitrogens with zero attached hydrogens (tertiary/aromatic N) is 4. The zero-order valence-electron chi connectivity index (χ0n) is 13.3. The fourth-order valence-corrected chi connectivity index (χ4v) is 2.67. The van der Waals surface area contributed by atoms with Gasteiger partial charge in [-0.3, -0.25) is 19.2 Å². The maximum atomic E-state index is 12.7. The minimum Gasteiger partial charge on any atom is -0.346 e. The molecule has 1 amide bonds. The van der Waals surface area contributed by atoms with Crippen molar-refractivity contribution in [1.29, 1.82) is 0 Å². The SMILES string of the molecule is O=C(NCc1cccnc1)c1nc(-c2cccnc2)n2ccccc12. The lowest BCUT2D eigenvalue weighted by molar-refractivity contribution is 0.0948. The van der Waals surface area contributed by atoms with Crippen molar-refractivity contribution in [3.8, 4) is 11.4 Å². The van der Waals surface area contributed by atoms with Crippen LogP contribution < -0.4 is 5.32 Å². The average Bonchev–Trinajstić information content (AvgIpc) is 3.07. The van der Waals surface area contributed by atoms with Gasteiger partial charge in [-0.1, -0.05) is 12.1 Å². The summed E-state index contributed by atoms with van der Waals surface area (Å²) in [6.07, 6.45) is 8.77. The van der Waals surface area contributed by atoms with Gasteiger partial charge in [-0.25, -0.2) is 4.98 Å². The number of fused-ring (bicyclic) bond motifs is 1. The van der Waals surface area contributed by atoms with E-state index in [-0.39, 0.29) is 5.91 Å². The maximum Gasteiger partial charge on any atom is 0.272 e. The van der Waals surface area contributed by atoms with Gasteiger partial charge in [-0.05, 0) is 35.9 Å². The molecule has 1 N–H and O–H groups in total. The Hall–Kier alpha value is -3.54. The van der Waals surface area contributed by atoms with E-state index in [1.807, 2.05) is 53.1 Å². The van der Waals surface area contributed by atoms with Crippen LogP contribution in [0.4, 0.5) is 0 Å². The van der Waals surface area contributed by atoms with Crippen molar-refractivity contribution < 1.29 is 4.79 Å². The Kier molecular flexibility index (Phi) is 3.92. The first-order valence-corrected chi connectivity index (χ1v) is 7.87. The first-order valence-electron chi connectivity index (χ1n) is 7.87. The van der Waals surface area contributed by atoms with Gasteiger partial charge in [0, 0.05) is 43.1 Å². The molecule has 122 valence electrons. The highest BCUT2D eigenvalue weighted by Gasteiger charge is 2.18. The summed E-state index contributed by atoms with van der Waals surface area (Å²) in [5.74, 6) is 0.470. The Bertz CT molecular complexity index is 1010. The molecule has 4 aromatic heterocycles. The van der Waals surface area contributed by atoms with E-state index in [0.717, 1.165) is 16.6 Å². The molecule has 4 aromatic rings. The third-order valence-corrected chi connectivity index (χ3v) is 3.86. The monoisotopic (exact) mass is 329 g/mol. The van der Waals surface area contributed by atoms with Crippen molar-refractivity contribution >= 4 is 11.4 Å². The number of aromatic nitrogens is 4. The lowest BCUT2D eigenvalue weighted by Gasteiger charge is -2.03. The molecule has 0 aliphatic heterocycles. The number of rotatable bonds is 4. The maximum absolute atomic E-state index is 12.7. The van der Waals surface area contributed by atoms with Crippen LogP contribution in [-0.2, 0) is 6.54 Å². The van der Waals surface area contributed by atoms with Gasteiger partial charge < -0.3 is 5.32 Å². The molecule has 0 spiro atoms. The van der Waals surface area contributed by atoms with Gasteiger partial charge >= 0.3 is 0 Å². The minimum absolute atomic E-state index is 0.220. The zero-order valence-corrected chi connectivity index (χ0v) is 13.3. The molecule has 6 nitrogen and oxygen atoms in total. The van der Waals surface area contributed by atoms with Crippen molar-refractivity contribution in [2.24, 2.45) is 0 Å². The largest absolute Gasteiger partial charge is 0.346 e. The molecular formula is C19H15N5O. The van der Waals surface area contributed by atoms with Gasteiger partial charge in [-0.15, -0.1) is 0 Å². The van der Waals surface area contributed by atoms with E-state index in [0.29, 0.717) is 18.1 Å². The number of imidazole rings is 1. The molecule has 0 aliphatic rings. The number of hydrogen-bond donors (Lipinski definition) is 1. The minimum atomic E-state index is -0.220. The molecule has 0 aliphatic carbocycles. The van der Waals surface area contributed by atoms with Gasteiger partial charge in [0.1, 0.15) is 5.82 Å². The molecule has 4 heterocycles. The summed E-state index contributed by atoms with van der Waals surface area (Å²) in [6, 6.07) is 13.2. The summed E-state index contributed by atoms with van der Waals surface area (Å²) >= 11 is 0. The number of nitrogens with one attached hydrogen (secondary N) is 1. The molecule has 0 radical (unpaired) electrons. The second-order valence-corrected chi connectivity index (χ2v) is 5.53. The molecule has 0 saturated heterocycles. The van der Waals surface area contributed by atoms with E-state index in [4.69, 9.17) is 0 Å². The van der Waals surface area contributed by atoms with E-state index in [2.05, 4.69) is 20.3 Å². The van der Waals surface area contributed by atoms with Crippen LogP contribution in [0, 0.1) is 0 Å². The first-order chi connectivity index (χ1) is 12.3. The molecular weight excluding hydrogens is 314 g/mol. The van der Waals surface area contributed by atoms with E-state index >= 15 is 0 Å². The molecule has 0 bridgehead atoms. The second-order valence-electron chi connectivity index (χ2n) is 5.53. The standard InChI is InChI=1S/C19H15N5O/c25-19(22-12-14-5-3-8-20-11-14)17-16-7-1-2-10-24(16)18(23-17)15-6-4-9-21-13-15/h1-11,13H,12H2,(H,22,25). The third-order valence-electron chi connectivity index (χ3n) is 3.86. The van der Waals surface area contributed by atoms with E-state index in [9.17, 15) is 4.79 Å². The topological polar surface area (TPSA) is 72.2 Å². The van der Waals surface area contributed by atoms with Crippen LogP contribution in [0.5, 0.6) is 0 Å². The summed E-state index contributed by atoms with van der Waals surface area (Å²) in [7, 11) is 0. The van der Waals surface area contributed by atoms with Crippen molar-refractivity contribution in [2.75, 3.05) is 0 Å². The van der Waals surface area contributed by atoms with Crippen molar-refractivity contribution in [3.63, 3.8) is 0 Å². The van der Waals surface area contributed by atoms with Gasteiger partial charge in [-0.2, -0.15) is 0 Å². The zero-order chi connectivity index (χ0) is 17.1. The second kappa shape index (κ2) is 6.52. The van der Waals surface area contributed by atoms with Gasteiger partial charge in [0.2, 0.25) is 0 Å². The van der Waals surface area contributed by atoms with Crippen LogP contribution in [0.25, 0.3) is 16.9 Å². The molecule has 0 unspecified atom stereocenters. The van der Waals surface area contributed by atoms with Gasteiger partial charge in [0.15, 0.2) is 5.69 Å². The summed E-state index contributed by atoms with van der Waals surface area (Å²) in [5.41, 5.74) is 2.94. The fourth-order valence-electron chi connectivity index (χ4n) is 2.67. The molecule has 0 aromatic carbocycles. The van der Waals surface area contributed by atoms with Crippen LogP contribution in [0.3, 0.4) is 0 Å².